The standard InChI is InChI=1S/C14H16BrNO3S/c15-12-4-2-11(20-12)3-5-13(17)16-8-7-10(9-16)1-6-14(18)19/h2-5,10H,1,6-9H2,(H,18,19)/b5-3+. The average Bonchev–Trinajstić information content (AvgIpc) is 3.02. The maximum Gasteiger partial charge on any atom is 0.303 e. The number of thiophene rings is 1. The van der Waals surface area contributed by atoms with E-state index < -0.39 is 5.97 Å². The molecule has 1 saturated heterocycles. The lowest BCUT2D eigenvalue weighted by molar-refractivity contribution is -0.137. The van der Waals surface area contributed by atoms with E-state index in [0.717, 1.165) is 21.6 Å². The fourth-order valence-electron chi connectivity index (χ4n) is 2.27. The summed E-state index contributed by atoms with van der Waals surface area (Å²) in [4.78, 5) is 25.4. The monoisotopic (exact) mass is 357 g/mol. The highest BCUT2D eigenvalue weighted by Crippen LogP contribution is 2.24. The minimum Gasteiger partial charge on any atom is -0.481 e. The Morgan fingerprint density at radius 3 is 2.95 bits per heavy atom. The molecule has 2 rings (SSSR count). The number of carbonyl (C=O) groups is 2. The van der Waals surface area contributed by atoms with Crippen molar-refractivity contribution < 1.29 is 14.7 Å². The molecule has 1 N–H and O–H groups in total. The molecule has 0 aromatic carbocycles. The van der Waals surface area contributed by atoms with E-state index in [0.29, 0.717) is 18.9 Å². The van der Waals surface area contributed by atoms with Gasteiger partial charge in [0.15, 0.2) is 0 Å². The van der Waals surface area contributed by atoms with Crippen molar-refractivity contribution in [2.75, 3.05) is 13.1 Å². The predicted molar refractivity (Wildman–Crippen MR) is 82.6 cm³/mol. The van der Waals surface area contributed by atoms with Crippen molar-refractivity contribution in [3.05, 3.63) is 26.9 Å². The van der Waals surface area contributed by atoms with E-state index in [1.807, 2.05) is 18.2 Å². The lowest BCUT2D eigenvalue weighted by Gasteiger charge is -2.13. The zero-order valence-electron chi connectivity index (χ0n) is 10.9. The normalized spacial score (nSPS) is 18.9. The van der Waals surface area contributed by atoms with Gasteiger partial charge in [-0.1, -0.05) is 0 Å². The van der Waals surface area contributed by atoms with Crippen molar-refractivity contribution in [2.45, 2.75) is 19.3 Å². The Bertz CT molecular complexity index is 526. The molecule has 1 aliphatic rings. The minimum absolute atomic E-state index is 0.00680. The van der Waals surface area contributed by atoms with Gasteiger partial charge in [-0.3, -0.25) is 9.59 Å². The second kappa shape index (κ2) is 7.04. The van der Waals surface area contributed by atoms with E-state index in [9.17, 15) is 9.59 Å². The molecule has 2 heterocycles. The maximum atomic E-state index is 12.0. The summed E-state index contributed by atoms with van der Waals surface area (Å²) in [5.41, 5.74) is 0. The van der Waals surface area contributed by atoms with Crippen molar-refractivity contribution in [3.63, 3.8) is 0 Å². The number of amides is 1. The van der Waals surface area contributed by atoms with Crippen LogP contribution in [0.2, 0.25) is 0 Å². The van der Waals surface area contributed by atoms with E-state index in [2.05, 4.69) is 15.9 Å². The van der Waals surface area contributed by atoms with Crippen molar-refractivity contribution in [2.24, 2.45) is 5.92 Å². The number of hydrogen-bond acceptors (Lipinski definition) is 3. The summed E-state index contributed by atoms with van der Waals surface area (Å²) >= 11 is 4.96. The number of rotatable bonds is 5. The van der Waals surface area contributed by atoms with Crippen LogP contribution in [-0.2, 0) is 9.59 Å². The number of carboxylic acids is 1. The molecule has 0 saturated carbocycles. The average molecular weight is 358 g/mol. The van der Waals surface area contributed by atoms with Crippen LogP contribution in [0.5, 0.6) is 0 Å². The molecule has 0 aliphatic carbocycles. The number of aliphatic carboxylic acids is 1. The van der Waals surface area contributed by atoms with Crippen LogP contribution >= 0.6 is 27.3 Å². The Morgan fingerprint density at radius 2 is 2.30 bits per heavy atom. The van der Waals surface area contributed by atoms with Crippen LogP contribution in [0.4, 0.5) is 0 Å². The molecule has 20 heavy (non-hydrogen) atoms. The van der Waals surface area contributed by atoms with Gasteiger partial charge in [0, 0.05) is 30.5 Å². The molecule has 0 spiro atoms. The van der Waals surface area contributed by atoms with Gasteiger partial charge in [-0.15, -0.1) is 11.3 Å². The van der Waals surface area contributed by atoms with Gasteiger partial charge < -0.3 is 10.0 Å². The first-order chi connectivity index (χ1) is 9.54. The molecule has 1 amide bonds. The summed E-state index contributed by atoms with van der Waals surface area (Å²) in [5.74, 6) is -0.440. The molecular weight excluding hydrogens is 342 g/mol. The van der Waals surface area contributed by atoms with Gasteiger partial charge in [-0.2, -0.15) is 0 Å². The zero-order chi connectivity index (χ0) is 14.5. The van der Waals surface area contributed by atoms with Gasteiger partial charge in [-0.25, -0.2) is 0 Å². The third-order valence-electron chi connectivity index (χ3n) is 3.35. The van der Waals surface area contributed by atoms with Crippen LogP contribution in [0.3, 0.4) is 0 Å². The van der Waals surface area contributed by atoms with Crippen LogP contribution in [0.1, 0.15) is 24.1 Å². The molecule has 1 aliphatic heterocycles. The summed E-state index contributed by atoms with van der Waals surface area (Å²) in [6.45, 7) is 1.40. The molecule has 4 nitrogen and oxygen atoms in total. The second-order valence-electron chi connectivity index (χ2n) is 4.85. The van der Waals surface area contributed by atoms with Crippen LogP contribution in [0.15, 0.2) is 22.0 Å². The van der Waals surface area contributed by atoms with Crippen molar-refractivity contribution >= 4 is 45.2 Å². The number of nitrogens with zero attached hydrogens (tertiary/aromatic N) is 1. The number of carbonyl (C=O) groups excluding carboxylic acids is 1. The molecule has 108 valence electrons. The topological polar surface area (TPSA) is 57.6 Å². The number of hydrogen-bond donors (Lipinski definition) is 1. The highest BCUT2D eigenvalue weighted by molar-refractivity contribution is 9.11. The molecule has 6 heteroatoms. The van der Waals surface area contributed by atoms with Crippen LogP contribution < -0.4 is 0 Å². The van der Waals surface area contributed by atoms with E-state index in [-0.39, 0.29) is 12.3 Å². The van der Waals surface area contributed by atoms with Gasteiger partial charge in [-0.05, 0) is 52.9 Å². The van der Waals surface area contributed by atoms with Gasteiger partial charge in [0.2, 0.25) is 5.91 Å². The summed E-state index contributed by atoms with van der Waals surface area (Å²) in [7, 11) is 0. The third-order valence-corrected chi connectivity index (χ3v) is 4.94. The number of carboxylic acid groups (broad SMARTS) is 1. The molecule has 0 radical (unpaired) electrons. The molecule has 1 fully saturated rings. The predicted octanol–water partition coefficient (Wildman–Crippen LogP) is 3.24. The zero-order valence-corrected chi connectivity index (χ0v) is 13.3. The Morgan fingerprint density at radius 1 is 1.50 bits per heavy atom. The first-order valence-electron chi connectivity index (χ1n) is 6.48. The van der Waals surface area contributed by atoms with Crippen molar-refractivity contribution in [1.82, 2.24) is 4.90 Å². The fourth-order valence-corrected chi connectivity index (χ4v) is 3.60. The fraction of sp³-hybridized carbons (Fsp3) is 0.429. The van der Waals surface area contributed by atoms with E-state index >= 15 is 0 Å². The number of halogens is 1. The van der Waals surface area contributed by atoms with Crippen molar-refractivity contribution in [3.8, 4) is 0 Å². The van der Waals surface area contributed by atoms with Gasteiger partial charge in [0.1, 0.15) is 0 Å². The molecule has 1 unspecified atom stereocenters. The van der Waals surface area contributed by atoms with Crippen LogP contribution in [-0.4, -0.2) is 35.0 Å². The highest BCUT2D eigenvalue weighted by Gasteiger charge is 2.25. The first-order valence-corrected chi connectivity index (χ1v) is 8.09. The van der Waals surface area contributed by atoms with E-state index in [1.165, 1.54) is 0 Å². The van der Waals surface area contributed by atoms with Gasteiger partial charge >= 0.3 is 5.97 Å². The van der Waals surface area contributed by atoms with E-state index in [1.54, 1.807) is 22.3 Å². The second-order valence-corrected chi connectivity index (χ2v) is 7.34. The van der Waals surface area contributed by atoms with Gasteiger partial charge in [0.25, 0.3) is 0 Å². The largest absolute Gasteiger partial charge is 0.481 e. The molecule has 1 aromatic heterocycles. The summed E-state index contributed by atoms with van der Waals surface area (Å²) in [6.07, 6.45) is 5.16. The quantitative estimate of drug-likeness (QED) is 0.823. The Balaban J connectivity index is 1.82. The van der Waals surface area contributed by atoms with Crippen LogP contribution in [0, 0.1) is 5.92 Å². The highest BCUT2D eigenvalue weighted by atomic mass is 79.9. The van der Waals surface area contributed by atoms with Crippen molar-refractivity contribution in [1.29, 1.82) is 0 Å². The third kappa shape index (κ3) is 4.45. The lowest BCUT2D eigenvalue weighted by atomic mass is 10.0. The van der Waals surface area contributed by atoms with Gasteiger partial charge in [0.05, 0.1) is 3.79 Å². The molecule has 1 atom stereocenters. The molecule has 0 bridgehead atoms. The Labute approximate surface area is 130 Å². The Hall–Kier alpha value is -1.14. The van der Waals surface area contributed by atoms with Crippen LogP contribution in [0.25, 0.3) is 6.08 Å². The Kier molecular flexibility index (Phi) is 5.37. The lowest BCUT2D eigenvalue weighted by Crippen LogP contribution is -2.26. The molecule has 1 aromatic rings. The number of likely N-dealkylation sites (tertiary alicyclic amines) is 1. The summed E-state index contributed by atoms with van der Waals surface area (Å²) in [5, 5.41) is 8.67. The summed E-state index contributed by atoms with van der Waals surface area (Å²) in [6, 6.07) is 3.91. The maximum absolute atomic E-state index is 12.0. The summed E-state index contributed by atoms with van der Waals surface area (Å²) < 4.78 is 1.04. The minimum atomic E-state index is -0.766. The molecular formula is C14H16BrNO3S. The van der Waals surface area contributed by atoms with E-state index in [4.69, 9.17) is 5.11 Å². The smallest absolute Gasteiger partial charge is 0.303 e. The SMILES string of the molecule is O=C(O)CCC1CCN(C(=O)/C=C/c2ccc(Br)s2)C1. The first kappa shape index (κ1) is 15.3.